The van der Waals surface area contributed by atoms with Crippen LogP contribution in [0.15, 0.2) is 6.07 Å². The van der Waals surface area contributed by atoms with Crippen molar-refractivity contribution in [2.45, 2.75) is 53.7 Å². The fourth-order valence-electron chi connectivity index (χ4n) is 2.22. The summed E-state index contributed by atoms with van der Waals surface area (Å²) in [6.45, 7) is 11.9. The summed E-state index contributed by atoms with van der Waals surface area (Å²) in [5.74, 6) is 0.510. The molecule has 0 aliphatic carbocycles. The molecule has 0 bridgehead atoms. The molecule has 3 N–H and O–H groups in total. The fraction of sp³-hybridized carbons (Fsp3) is 0.750. The molecule has 0 saturated heterocycles. The number of urea groups is 1. The van der Waals surface area contributed by atoms with Gasteiger partial charge in [-0.15, -0.1) is 0 Å². The van der Waals surface area contributed by atoms with E-state index in [9.17, 15) is 9.90 Å². The number of aryl methyl sites for hydroxylation is 2. The number of nitrogens with one attached hydrogen (secondary N) is 2. The van der Waals surface area contributed by atoms with Crippen LogP contribution in [0.3, 0.4) is 0 Å². The summed E-state index contributed by atoms with van der Waals surface area (Å²) in [6.07, 6.45) is 0.206. The van der Waals surface area contributed by atoms with Gasteiger partial charge in [0.15, 0.2) is 0 Å². The van der Waals surface area contributed by atoms with Crippen molar-refractivity contribution < 1.29 is 9.90 Å². The highest BCUT2D eigenvalue weighted by molar-refractivity contribution is 5.73. The van der Waals surface area contributed by atoms with Crippen molar-refractivity contribution >= 4 is 6.03 Å². The summed E-state index contributed by atoms with van der Waals surface area (Å²) in [4.78, 5) is 11.7. The molecule has 1 rings (SSSR count). The van der Waals surface area contributed by atoms with Gasteiger partial charge < -0.3 is 15.7 Å². The van der Waals surface area contributed by atoms with Gasteiger partial charge in [0.2, 0.25) is 0 Å². The van der Waals surface area contributed by atoms with Crippen LogP contribution in [0.2, 0.25) is 0 Å². The van der Waals surface area contributed by atoms with E-state index < -0.39 is 0 Å². The maximum absolute atomic E-state index is 11.7. The standard InChI is InChI=1S/C16H30N4O2/c1-11(2)15(21)6-7-17-16(22)18-9-12(3)10-20-14(5)8-13(4)19-20/h8,11-12,15,21H,6-7,9-10H2,1-5H3,(H2,17,18,22). The van der Waals surface area contributed by atoms with Crippen LogP contribution in [0.4, 0.5) is 4.79 Å². The van der Waals surface area contributed by atoms with Gasteiger partial charge in [-0.1, -0.05) is 20.8 Å². The highest BCUT2D eigenvalue weighted by Gasteiger charge is 2.11. The highest BCUT2D eigenvalue weighted by Crippen LogP contribution is 2.06. The van der Waals surface area contributed by atoms with Crippen LogP contribution in [-0.4, -0.2) is 40.1 Å². The molecule has 0 fully saturated rings. The number of aliphatic hydroxyl groups is 1. The average molecular weight is 310 g/mol. The molecule has 2 amide bonds. The normalized spacial score (nSPS) is 14.0. The lowest BCUT2D eigenvalue weighted by molar-refractivity contribution is 0.116. The number of hydrogen-bond donors (Lipinski definition) is 3. The van der Waals surface area contributed by atoms with Gasteiger partial charge in [-0.3, -0.25) is 4.68 Å². The molecule has 0 saturated carbocycles. The van der Waals surface area contributed by atoms with E-state index in [1.54, 1.807) is 0 Å². The van der Waals surface area contributed by atoms with Gasteiger partial charge in [0.25, 0.3) is 0 Å². The van der Waals surface area contributed by atoms with Gasteiger partial charge in [-0.2, -0.15) is 5.10 Å². The van der Waals surface area contributed by atoms with Crippen LogP contribution in [0.5, 0.6) is 0 Å². The molecular formula is C16H30N4O2. The molecule has 0 aliphatic heterocycles. The van der Waals surface area contributed by atoms with Crippen molar-refractivity contribution in [2.24, 2.45) is 11.8 Å². The third-order valence-electron chi connectivity index (χ3n) is 3.69. The quantitative estimate of drug-likeness (QED) is 0.685. The van der Waals surface area contributed by atoms with Crippen molar-refractivity contribution in [3.05, 3.63) is 17.5 Å². The molecular weight excluding hydrogens is 280 g/mol. The Morgan fingerprint density at radius 1 is 1.32 bits per heavy atom. The molecule has 0 aliphatic rings. The molecule has 1 aromatic heterocycles. The van der Waals surface area contributed by atoms with E-state index in [0.29, 0.717) is 25.4 Å². The zero-order valence-electron chi connectivity index (χ0n) is 14.4. The van der Waals surface area contributed by atoms with E-state index in [4.69, 9.17) is 0 Å². The molecule has 0 aromatic carbocycles. The zero-order chi connectivity index (χ0) is 16.7. The van der Waals surface area contributed by atoms with Crippen LogP contribution in [0, 0.1) is 25.7 Å². The Kier molecular flexibility index (Phi) is 7.38. The number of aliphatic hydroxyl groups excluding tert-OH is 1. The summed E-state index contributed by atoms with van der Waals surface area (Å²) in [7, 11) is 0. The van der Waals surface area contributed by atoms with Crippen molar-refractivity contribution in [1.29, 1.82) is 0 Å². The van der Waals surface area contributed by atoms with E-state index in [2.05, 4.69) is 22.7 Å². The Hall–Kier alpha value is -1.56. The molecule has 0 spiro atoms. The number of aromatic nitrogens is 2. The van der Waals surface area contributed by atoms with Crippen molar-refractivity contribution in [1.82, 2.24) is 20.4 Å². The minimum atomic E-state index is -0.370. The van der Waals surface area contributed by atoms with E-state index in [1.807, 2.05) is 38.4 Å². The lowest BCUT2D eigenvalue weighted by atomic mass is 10.0. The van der Waals surface area contributed by atoms with E-state index in [-0.39, 0.29) is 18.1 Å². The first-order valence-electron chi connectivity index (χ1n) is 8.00. The Morgan fingerprint density at radius 2 is 2.00 bits per heavy atom. The predicted octanol–water partition coefficient (Wildman–Crippen LogP) is 1.84. The van der Waals surface area contributed by atoms with Crippen molar-refractivity contribution in [2.75, 3.05) is 13.1 Å². The Bertz CT molecular complexity index is 471. The first-order chi connectivity index (χ1) is 10.3. The van der Waals surface area contributed by atoms with E-state index in [0.717, 1.165) is 17.9 Å². The zero-order valence-corrected chi connectivity index (χ0v) is 14.4. The van der Waals surface area contributed by atoms with Gasteiger partial charge in [-0.05, 0) is 38.2 Å². The van der Waals surface area contributed by atoms with Crippen LogP contribution < -0.4 is 10.6 Å². The predicted molar refractivity (Wildman–Crippen MR) is 87.7 cm³/mol. The van der Waals surface area contributed by atoms with Crippen LogP contribution in [-0.2, 0) is 6.54 Å². The topological polar surface area (TPSA) is 79.2 Å². The highest BCUT2D eigenvalue weighted by atomic mass is 16.3. The number of nitrogens with zero attached hydrogens (tertiary/aromatic N) is 2. The molecule has 6 heteroatoms. The van der Waals surface area contributed by atoms with E-state index >= 15 is 0 Å². The summed E-state index contributed by atoms with van der Waals surface area (Å²) < 4.78 is 1.97. The van der Waals surface area contributed by atoms with Gasteiger partial charge >= 0.3 is 6.03 Å². The van der Waals surface area contributed by atoms with Crippen LogP contribution in [0.25, 0.3) is 0 Å². The number of carbonyl (C=O) groups excluding carboxylic acids is 1. The van der Waals surface area contributed by atoms with Crippen LogP contribution in [0.1, 0.15) is 38.6 Å². The van der Waals surface area contributed by atoms with Gasteiger partial charge in [0, 0.05) is 25.3 Å². The van der Waals surface area contributed by atoms with Gasteiger partial charge in [-0.25, -0.2) is 4.79 Å². The fourth-order valence-corrected chi connectivity index (χ4v) is 2.22. The molecule has 2 atom stereocenters. The van der Waals surface area contributed by atoms with Crippen LogP contribution >= 0.6 is 0 Å². The van der Waals surface area contributed by atoms with Crippen molar-refractivity contribution in [3.8, 4) is 0 Å². The second-order valence-corrected chi connectivity index (χ2v) is 6.45. The SMILES string of the molecule is Cc1cc(C)n(CC(C)CNC(=O)NCCC(O)C(C)C)n1. The minimum Gasteiger partial charge on any atom is -0.393 e. The number of carbonyl (C=O) groups is 1. The Balaban J connectivity index is 2.22. The second kappa shape index (κ2) is 8.78. The molecule has 126 valence electrons. The largest absolute Gasteiger partial charge is 0.393 e. The first kappa shape index (κ1) is 18.5. The van der Waals surface area contributed by atoms with Gasteiger partial charge in [0.1, 0.15) is 0 Å². The summed E-state index contributed by atoms with van der Waals surface area (Å²) in [5, 5.41) is 19.7. The molecule has 6 nitrogen and oxygen atoms in total. The summed E-state index contributed by atoms with van der Waals surface area (Å²) in [5.41, 5.74) is 2.15. The third-order valence-corrected chi connectivity index (χ3v) is 3.69. The molecule has 1 aromatic rings. The smallest absolute Gasteiger partial charge is 0.314 e. The maximum Gasteiger partial charge on any atom is 0.314 e. The first-order valence-corrected chi connectivity index (χ1v) is 8.00. The number of amides is 2. The monoisotopic (exact) mass is 310 g/mol. The van der Waals surface area contributed by atoms with Crippen molar-refractivity contribution in [3.63, 3.8) is 0 Å². The summed E-state index contributed by atoms with van der Waals surface area (Å²) >= 11 is 0. The Labute approximate surface area is 133 Å². The molecule has 22 heavy (non-hydrogen) atoms. The lowest BCUT2D eigenvalue weighted by Crippen LogP contribution is -2.40. The molecule has 2 unspecified atom stereocenters. The third kappa shape index (κ3) is 6.47. The summed E-state index contributed by atoms with van der Waals surface area (Å²) in [6, 6.07) is 1.86. The average Bonchev–Trinajstić information content (AvgIpc) is 2.74. The molecule has 0 radical (unpaired) electrons. The molecule has 1 heterocycles. The minimum absolute atomic E-state index is 0.184. The second-order valence-electron chi connectivity index (χ2n) is 6.45. The van der Waals surface area contributed by atoms with E-state index in [1.165, 1.54) is 0 Å². The Morgan fingerprint density at radius 3 is 2.55 bits per heavy atom. The maximum atomic E-state index is 11.7. The number of hydrogen-bond acceptors (Lipinski definition) is 3. The van der Waals surface area contributed by atoms with Gasteiger partial charge in [0.05, 0.1) is 11.8 Å². The number of rotatable bonds is 8. The lowest BCUT2D eigenvalue weighted by Gasteiger charge is -2.16.